The van der Waals surface area contributed by atoms with E-state index in [1.54, 1.807) is 37.3 Å². The molecule has 2 heterocycles. The van der Waals surface area contributed by atoms with Crippen molar-refractivity contribution in [3.8, 4) is 0 Å². The van der Waals surface area contributed by atoms with E-state index in [0.717, 1.165) is 18.7 Å². The monoisotopic (exact) mass is 352 g/mol. The van der Waals surface area contributed by atoms with Crippen molar-refractivity contribution in [1.29, 1.82) is 0 Å². The molecule has 0 aliphatic carbocycles. The summed E-state index contributed by atoms with van der Waals surface area (Å²) in [5.74, 6) is 0.675. The maximum atomic E-state index is 12.4. The predicted molar refractivity (Wildman–Crippen MR) is 92.0 cm³/mol. The Balaban J connectivity index is 1.78. The molecule has 0 aromatic carbocycles. The number of ether oxygens (including phenoxy) is 1. The quantitative estimate of drug-likeness (QED) is 0.744. The van der Waals surface area contributed by atoms with Crippen LogP contribution in [0.25, 0.3) is 0 Å². The number of rotatable bonds is 7. The minimum Gasteiger partial charge on any atom is -0.383 e. The van der Waals surface area contributed by atoms with Crippen LogP contribution in [0, 0.1) is 5.92 Å². The molecule has 25 heavy (non-hydrogen) atoms. The molecule has 1 saturated heterocycles. The van der Waals surface area contributed by atoms with Gasteiger partial charge in [-0.2, -0.15) is 0 Å². The van der Waals surface area contributed by atoms with Crippen LogP contribution in [0.2, 0.25) is 0 Å². The fraction of sp³-hybridized carbons (Fsp3) is 0.750. The summed E-state index contributed by atoms with van der Waals surface area (Å²) in [5.41, 5.74) is 0. The smallest absolute Gasteiger partial charge is 0.319 e. The minimum absolute atomic E-state index is 0.000729. The number of aromatic nitrogens is 3. The molecule has 3 amide bonds. The summed E-state index contributed by atoms with van der Waals surface area (Å²) in [6, 6.07) is -0.0382. The number of hydrogen-bond acceptors (Lipinski definition) is 5. The lowest BCUT2D eigenvalue weighted by Gasteiger charge is -2.33. The molecule has 1 unspecified atom stereocenters. The normalized spacial score (nSPS) is 17.4. The molecule has 1 aliphatic heterocycles. The molecule has 0 radical (unpaired) electrons. The van der Waals surface area contributed by atoms with E-state index in [1.165, 1.54) is 0 Å². The van der Waals surface area contributed by atoms with E-state index in [0.29, 0.717) is 39.2 Å². The van der Waals surface area contributed by atoms with Gasteiger partial charge in [-0.1, -0.05) is 0 Å². The zero-order valence-electron chi connectivity index (χ0n) is 15.3. The van der Waals surface area contributed by atoms with E-state index in [4.69, 9.17) is 4.74 Å². The Hall–Kier alpha value is -2.16. The first-order chi connectivity index (χ1) is 12.0. The van der Waals surface area contributed by atoms with Gasteiger partial charge >= 0.3 is 6.03 Å². The maximum Gasteiger partial charge on any atom is 0.319 e. The molecule has 9 nitrogen and oxygen atoms in total. The lowest BCUT2D eigenvalue weighted by molar-refractivity contribution is -0.126. The highest BCUT2D eigenvalue weighted by Gasteiger charge is 2.28. The molecular weight excluding hydrogens is 324 g/mol. The number of nitrogens with one attached hydrogen (secondary N) is 1. The van der Waals surface area contributed by atoms with Gasteiger partial charge in [-0.25, -0.2) is 4.79 Å². The van der Waals surface area contributed by atoms with Gasteiger partial charge in [0.1, 0.15) is 12.2 Å². The van der Waals surface area contributed by atoms with E-state index in [2.05, 4.69) is 15.5 Å². The number of nitrogens with zero attached hydrogens (tertiary/aromatic N) is 5. The van der Waals surface area contributed by atoms with Crippen molar-refractivity contribution >= 4 is 11.9 Å². The van der Waals surface area contributed by atoms with E-state index in [9.17, 15) is 9.59 Å². The van der Waals surface area contributed by atoms with Crippen LogP contribution >= 0.6 is 0 Å². The van der Waals surface area contributed by atoms with Crippen LogP contribution in [-0.2, 0) is 22.5 Å². The maximum absolute atomic E-state index is 12.4. The number of methoxy groups -OCH3 is 1. The van der Waals surface area contributed by atoms with Gasteiger partial charge in [-0.3, -0.25) is 4.79 Å². The van der Waals surface area contributed by atoms with Crippen molar-refractivity contribution in [3.05, 3.63) is 12.2 Å². The Labute approximate surface area is 148 Å². The second-order valence-electron chi connectivity index (χ2n) is 6.44. The number of likely N-dealkylation sites (tertiary alicyclic amines) is 1. The first kappa shape index (κ1) is 19.2. The van der Waals surface area contributed by atoms with Crippen molar-refractivity contribution < 1.29 is 14.3 Å². The van der Waals surface area contributed by atoms with E-state index in [1.807, 2.05) is 4.57 Å². The van der Waals surface area contributed by atoms with Gasteiger partial charge < -0.3 is 24.4 Å². The highest BCUT2D eigenvalue weighted by atomic mass is 16.5. The Morgan fingerprint density at radius 2 is 2.24 bits per heavy atom. The molecule has 1 atom stereocenters. The molecule has 9 heteroatoms. The van der Waals surface area contributed by atoms with Crippen LogP contribution in [0.1, 0.15) is 18.7 Å². The molecule has 1 fully saturated rings. The largest absolute Gasteiger partial charge is 0.383 e. The fourth-order valence-corrected chi connectivity index (χ4v) is 2.94. The number of carbonyl (C=O) groups excluding carboxylic acids is 2. The van der Waals surface area contributed by atoms with Gasteiger partial charge in [-0.05, 0) is 12.8 Å². The SMILES string of the molecule is COCCn1cnnc1CCNC(=O)C1CCCN(C(=O)N(C)C)C1. The summed E-state index contributed by atoms with van der Waals surface area (Å²) in [6.07, 6.45) is 3.95. The molecular formula is C16H28N6O3. The van der Waals surface area contributed by atoms with Crippen LogP contribution in [0.4, 0.5) is 4.79 Å². The summed E-state index contributed by atoms with van der Waals surface area (Å²) in [5, 5.41) is 10.9. The zero-order valence-corrected chi connectivity index (χ0v) is 15.3. The molecule has 2 rings (SSSR count). The second-order valence-corrected chi connectivity index (χ2v) is 6.44. The molecule has 1 aliphatic rings. The van der Waals surface area contributed by atoms with Crippen molar-refractivity contribution in [2.24, 2.45) is 5.92 Å². The molecule has 140 valence electrons. The molecule has 0 bridgehead atoms. The lowest BCUT2D eigenvalue weighted by atomic mass is 9.97. The van der Waals surface area contributed by atoms with Crippen LogP contribution in [0.15, 0.2) is 6.33 Å². The molecule has 1 aromatic rings. The third kappa shape index (κ3) is 5.42. The number of piperidine rings is 1. The van der Waals surface area contributed by atoms with Crippen molar-refractivity contribution in [1.82, 2.24) is 29.9 Å². The summed E-state index contributed by atoms with van der Waals surface area (Å²) in [4.78, 5) is 27.7. The fourth-order valence-electron chi connectivity index (χ4n) is 2.94. The first-order valence-electron chi connectivity index (χ1n) is 8.62. The van der Waals surface area contributed by atoms with Crippen molar-refractivity contribution in [2.45, 2.75) is 25.8 Å². The second kappa shape index (κ2) is 9.36. The van der Waals surface area contributed by atoms with Crippen LogP contribution in [0.5, 0.6) is 0 Å². The van der Waals surface area contributed by atoms with Gasteiger partial charge in [0, 0.05) is 53.8 Å². The van der Waals surface area contributed by atoms with E-state index < -0.39 is 0 Å². The Kier molecular flexibility index (Phi) is 7.17. The predicted octanol–water partition coefficient (Wildman–Crippen LogP) is -0.0232. The summed E-state index contributed by atoms with van der Waals surface area (Å²) in [6.45, 7) is 2.98. The third-order valence-electron chi connectivity index (χ3n) is 4.33. The van der Waals surface area contributed by atoms with Crippen molar-refractivity contribution in [2.75, 3.05) is 47.4 Å². The van der Waals surface area contributed by atoms with Crippen LogP contribution in [-0.4, -0.2) is 83.9 Å². The molecule has 1 N–H and O–H groups in total. The standard InChI is InChI=1S/C16H28N6O3/c1-20(2)16(24)21-8-4-5-13(11-21)15(23)17-7-6-14-19-18-12-22(14)9-10-25-3/h12-13H,4-11H2,1-3H3,(H,17,23). The molecule has 1 aromatic heterocycles. The zero-order chi connectivity index (χ0) is 18.2. The Morgan fingerprint density at radius 3 is 2.96 bits per heavy atom. The average molecular weight is 352 g/mol. The van der Waals surface area contributed by atoms with Gasteiger partial charge in [0.25, 0.3) is 0 Å². The lowest BCUT2D eigenvalue weighted by Crippen LogP contribution is -2.48. The Bertz CT molecular complexity index is 574. The van der Waals surface area contributed by atoms with Gasteiger partial charge in [-0.15, -0.1) is 10.2 Å². The van der Waals surface area contributed by atoms with Gasteiger partial charge in [0.05, 0.1) is 12.5 Å². The number of hydrogen-bond donors (Lipinski definition) is 1. The molecule has 0 spiro atoms. The third-order valence-corrected chi connectivity index (χ3v) is 4.33. The highest BCUT2D eigenvalue weighted by Crippen LogP contribution is 2.17. The van der Waals surface area contributed by atoms with Crippen molar-refractivity contribution in [3.63, 3.8) is 0 Å². The summed E-state index contributed by atoms with van der Waals surface area (Å²) < 4.78 is 6.98. The van der Waals surface area contributed by atoms with Gasteiger partial charge in [0.15, 0.2) is 0 Å². The Morgan fingerprint density at radius 1 is 1.44 bits per heavy atom. The first-order valence-corrected chi connectivity index (χ1v) is 8.62. The van der Waals surface area contributed by atoms with E-state index >= 15 is 0 Å². The van der Waals surface area contributed by atoms with E-state index in [-0.39, 0.29) is 17.9 Å². The summed E-state index contributed by atoms with van der Waals surface area (Å²) >= 11 is 0. The number of carbonyl (C=O) groups is 2. The van der Waals surface area contributed by atoms with Gasteiger partial charge in [0.2, 0.25) is 5.91 Å². The van der Waals surface area contributed by atoms with Crippen LogP contribution in [0.3, 0.4) is 0 Å². The summed E-state index contributed by atoms with van der Waals surface area (Å²) in [7, 11) is 5.11. The topological polar surface area (TPSA) is 92.6 Å². The number of amides is 3. The highest BCUT2D eigenvalue weighted by molar-refractivity contribution is 5.80. The average Bonchev–Trinajstić information content (AvgIpc) is 3.06. The molecule has 0 saturated carbocycles. The minimum atomic E-state index is -0.149. The number of urea groups is 1. The van der Waals surface area contributed by atoms with Crippen LogP contribution < -0.4 is 5.32 Å².